The second-order valence-electron chi connectivity index (χ2n) is 8.99. The highest BCUT2D eigenvalue weighted by Gasteiger charge is 2.27. The fraction of sp³-hybridized carbons (Fsp3) is 0.810. The zero-order valence-electron chi connectivity index (χ0n) is 17.6. The average molecular weight is 396 g/mol. The van der Waals surface area contributed by atoms with E-state index in [0.29, 0.717) is 5.92 Å². The van der Waals surface area contributed by atoms with Gasteiger partial charge < -0.3 is 10.2 Å². The molecule has 1 saturated carbocycles. The van der Waals surface area contributed by atoms with Crippen LogP contribution in [-0.4, -0.2) is 61.2 Å². The molecule has 1 N–H and O–H groups in total. The number of piperazine rings is 1. The maximum atomic E-state index is 4.97. The zero-order chi connectivity index (χ0) is 18.6. The molecule has 2 heterocycles. The van der Waals surface area contributed by atoms with Crippen molar-refractivity contribution in [2.75, 3.05) is 51.2 Å². The summed E-state index contributed by atoms with van der Waals surface area (Å²) in [6, 6.07) is 2.28. The van der Waals surface area contributed by atoms with Crippen LogP contribution in [0.1, 0.15) is 70.3 Å². The third kappa shape index (κ3) is 6.03. The molecule has 0 radical (unpaired) electrons. The van der Waals surface area contributed by atoms with Crippen molar-refractivity contribution >= 4 is 18.2 Å². The van der Waals surface area contributed by atoms with E-state index in [9.17, 15) is 0 Å². The van der Waals surface area contributed by atoms with Crippen LogP contribution < -0.4 is 10.2 Å². The first-order valence-electron chi connectivity index (χ1n) is 10.5. The Bertz CT molecular complexity index is 574. The minimum Gasteiger partial charge on any atom is -0.354 e. The van der Waals surface area contributed by atoms with Gasteiger partial charge in [0, 0.05) is 49.3 Å². The van der Waals surface area contributed by atoms with Crippen LogP contribution in [0.3, 0.4) is 0 Å². The van der Waals surface area contributed by atoms with Crippen LogP contribution in [0.4, 0.5) is 5.82 Å². The van der Waals surface area contributed by atoms with Gasteiger partial charge in [-0.3, -0.25) is 4.90 Å². The second-order valence-corrected chi connectivity index (χ2v) is 8.99. The maximum absolute atomic E-state index is 4.97. The lowest BCUT2D eigenvalue weighted by molar-refractivity contribution is 0.252. The van der Waals surface area contributed by atoms with E-state index in [-0.39, 0.29) is 17.8 Å². The molecule has 27 heavy (non-hydrogen) atoms. The molecule has 0 amide bonds. The smallest absolute Gasteiger partial charge is 0.136 e. The van der Waals surface area contributed by atoms with Crippen LogP contribution in [0.15, 0.2) is 6.07 Å². The Labute approximate surface area is 171 Å². The Morgan fingerprint density at radius 3 is 2.33 bits per heavy atom. The van der Waals surface area contributed by atoms with Crippen LogP contribution in [0.2, 0.25) is 0 Å². The van der Waals surface area contributed by atoms with Gasteiger partial charge in [-0.2, -0.15) is 0 Å². The predicted molar refractivity (Wildman–Crippen MR) is 116 cm³/mol. The molecule has 0 unspecified atom stereocenters. The van der Waals surface area contributed by atoms with Crippen molar-refractivity contribution in [2.24, 2.45) is 0 Å². The third-order valence-electron chi connectivity index (χ3n) is 5.77. The van der Waals surface area contributed by atoms with E-state index >= 15 is 0 Å². The predicted octanol–water partition coefficient (Wildman–Crippen LogP) is 3.59. The molecule has 1 aromatic rings. The molecule has 0 bridgehead atoms. The summed E-state index contributed by atoms with van der Waals surface area (Å²) in [5.74, 6) is 2.82. The maximum Gasteiger partial charge on any atom is 0.136 e. The van der Waals surface area contributed by atoms with Crippen LogP contribution in [0.5, 0.6) is 0 Å². The summed E-state index contributed by atoms with van der Waals surface area (Å²) >= 11 is 0. The summed E-state index contributed by atoms with van der Waals surface area (Å²) in [6.45, 7) is 13.5. The van der Waals surface area contributed by atoms with Gasteiger partial charge >= 0.3 is 0 Å². The highest BCUT2D eigenvalue weighted by molar-refractivity contribution is 5.85. The number of hydrogen-bond acceptors (Lipinski definition) is 5. The summed E-state index contributed by atoms with van der Waals surface area (Å²) in [5, 5.41) is 3.23. The molecule has 3 rings (SSSR count). The van der Waals surface area contributed by atoms with Crippen LogP contribution >= 0.6 is 12.4 Å². The Hall–Kier alpha value is -0.910. The van der Waals surface area contributed by atoms with E-state index in [1.165, 1.54) is 44.3 Å². The summed E-state index contributed by atoms with van der Waals surface area (Å²) in [5.41, 5.74) is 1.28. The minimum absolute atomic E-state index is 0. The largest absolute Gasteiger partial charge is 0.354 e. The van der Waals surface area contributed by atoms with Crippen molar-refractivity contribution in [3.8, 4) is 0 Å². The third-order valence-corrected chi connectivity index (χ3v) is 5.77. The van der Waals surface area contributed by atoms with Gasteiger partial charge in [-0.05, 0) is 45.8 Å². The number of halogens is 1. The molecule has 1 aliphatic carbocycles. The average Bonchev–Trinajstić information content (AvgIpc) is 2.57. The van der Waals surface area contributed by atoms with Crippen molar-refractivity contribution in [1.82, 2.24) is 20.2 Å². The van der Waals surface area contributed by atoms with Gasteiger partial charge in [0.2, 0.25) is 0 Å². The van der Waals surface area contributed by atoms with E-state index in [1.807, 2.05) is 7.05 Å². The first-order valence-corrected chi connectivity index (χ1v) is 10.5. The number of aromatic nitrogens is 2. The van der Waals surface area contributed by atoms with Crippen molar-refractivity contribution in [3.63, 3.8) is 0 Å². The number of hydrogen-bond donors (Lipinski definition) is 1. The number of anilines is 1. The fourth-order valence-electron chi connectivity index (χ4n) is 3.70. The lowest BCUT2D eigenvalue weighted by Gasteiger charge is -2.36. The van der Waals surface area contributed by atoms with Crippen molar-refractivity contribution in [3.05, 3.63) is 17.6 Å². The van der Waals surface area contributed by atoms with Crippen molar-refractivity contribution < 1.29 is 0 Å². The van der Waals surface area contributed by atoms with Gasteiger partial charge in [0.05, 0.1) is 0 Å². The quantitative estimate of drug-likeness (QED) is 0.715. The first kappa shape index (κ1) is 22.4. The van der Waals surface area contributed by atoms with Crippen LogP contribution in [-0.2, 0) is 5.41 Å². The number of rotatable bonds is 7. The van der Waals surface area contributed by atoms with Gasteiger partial charge in [0.15, 0.2) is 0 Å². The molecular formula is C21H38ClN5. The topological polar surface area (TPSA) is 44.3 Å². The SMILES string of the molecule is CNCCCCN1CCN(c2cc(C3CCC3)nc(C(C)(C)C)n2)CC1.Cl. The highest BCUT2D eigenvalue weighted by atomic mass is 35.5. The number of nitrogens with one attached hydrogen (secondary N) is 1. The molecule has 0 spiro atoms. The van der Waals surface area contributed by atoms with Crippen LogP contribution in [0.25, 0.3) is 0 Å². The van der Waals surface area contributed by atoms with E-state index in [4.69, 9.17) is 9.97 Å². The summed E-state index contributed by atoms with van der Waals surface area (Å²) in [7, 11) is 2.03. The summed E-state index contributed by atoms with van der Waals surface area (Å²) < 4.78 is 0. The normalized spacial score (nSPS) is 18.9. The van der Waals surface area contributed by atoms with E-state index in [1.54, 1.807) is 0 Å². The summed E-state index contributed by atoms with van der Waals surface area (Å²) in [6.07, 6.45) is 6.48. The first-order chi connectivity index (χ1) is 12.5. The molecule has 1 saturated heterocycles. The molecule has 0 atom stereocenters. The Kier molecular flexibility index (Phi) is 8.32. The monoisotopic (exact) mass is 395 g/mol. The standard InChI is InChI=1S/C21H37N5.ClH/c1-21(2,3)20-23-18(17-8-7-9-17)16-19(24-20)26-14-12-25(13-15-26)11-6-5-10-22-4;/h16-17,22H,5-15H2,1-4H3;1H. The molecule has 2 aliphatic rings. The Morgan fingerprint density at radius 2 is 1.78 bits per heavy atom. The molecule has 1 aliphatic heterocycles. The molecule has 6 heteroatoms. The molecule has 154 valence electrons. The fourth-order valence-corrected chi connectivity index (χ4v) is 3.70. The molecule has 1 aromatic heterocycles. The summed E-state index contributed by atoms with van der Waals surface area (Å²) in [4.78, 5) is 15.0. The lowest BCUT2D eigenvalue weighted by Crippen LogP contribution is -2.47. The highest BCUT2D eigenvalue weighted by Crippen LogP contribution is 2.37. The molecular weight excluding hydrogens is 358 g/mol. The van der Waals surface area contributed by atoms with Crippen molar-refractivity contribution in [2.45, 2.75) is 64.2 Å². The molecule has 2 fully saturated rings. The van der Waals surface area contributed by atoms with Gasteiger partial charge in [0.1, 0.15) is 11.6 Å². The van der Waals surface area contributed by atoms with Gasteiger partial charge in [-0.25, -0.2) is 9.97 Å². The minimum atomic E-state index is 0. The molecule has 5 nitrogen and oxygen atoms in total. The zero-order valence-corrected chi connectivity index (χ0v) is 18.4. The molecule has 0 aromatic carbocycles. The number of unbranched alkanes of at least 4 members (excludes halogenated alkanes) is 1. The van der Waals surface area contributed by atoms with E-state index in [2.05, 4.69) is 42.0 Å². The van der Waals surface area contributed by atoms with Crippen LogP contribution in [0, 0.1) is 0 Å². The van der Waals surface area contributed by atoms with E-state index < -0.39 is 0 Å². The van der Waals surface area contributed by atoms with Crippen molar-refractivity contribution in [1.29, 1.82) is 0 Å². The Balaban J connectivity index is 0.00000261. The second kappa shape index (κ2) is 10.0. The Morgan fingerprint density at radius 1 is 1.07 bits per heavy atom. The van der Waals surface area contributed by atoms with Gasteiger partial charge in [-0.1, -0.05) is 27.2 Å². The lowest BCUT2D eigenvalue weighted by atomic mass is 9.82. The van der Waals surface area contributed by atoms with Gasteiger partial charge in [-0.15, -0.1) is 12.4 Å². The van der Waals surface area contributed by atoms with Gasteiger partial charge in [0.25, 0.3) is 0 Å². The number of nitrogens with zero attached hydrogens (tertiary/aromatic N) is 4. The van der Waals surface area contributed by atoms with E-state index in [0.717, 1.165) is 44.4 Å².